The molecule has 2 rings (SSSR count). The Hall–Kier alpha value is -0.930. The Morgan fingerprint density at radius 2 is 2.50 bits per heavy atom. The van der Waals surface area contributed by atoms with Crippen LogP contribution in [0.4, 0.5) is 0 Å². The highest BCUT2D eigenvalue weighted by Gasteiger charge is 2.35. The van der Waals surface area contributed by atoms with Crippen LogP contribution in [0.5, 0.6) is 0 Å². The average molecular weight is 192 g/mol. The number of hydrogen-bond acceptors (Lipinski definition) is 3. The zero-order valence-corrected chi connectivity index (χ0v) is 8.19. The van der Waals surface area contributed by atoms with E-state index in [9.17, 15) is 5.11 Å². The highest BCUT2D eigenvalue weighted by atomic mass is 16.3. The van der Waals surface area contributed by atoms with Gasteiger partial charge < -0.3 is 10.8 Å². The van der Waals surface area contributed by atoms with Crippen LogP contribution in [0.25, 0.3) is 0 Å². The summed E-state index contributed by atoms with van der Waals surface area (Å²) in [4.78, 5) is 4.03. The van der Waals surface area contributed by atoms with Gasteiger partial charge in [0.25, 0.3) is 0 Å². The van der Waals surface area contributed by atoms with Crippen molar-refractivity contribution in [2.45, 2.75) is 37.3 Å². The summed E-state index contributed by atoms with van der Waals surface area (Å²) in [5, 5.41) is 10.2. The molecule has 1 fully saturated rings. The fourth-order valence-electron chi connectivity index (χ4n) is 2.19. The van der Waals surface area contributed by atoms with E-state index in [-0.39, 0.29) is 6.04 Å². The largest absolute Gasteiger partial charge is 0.389 e. The van der Waals surface area contributed by atoms with E-state index in [2.05, 4.69) is 4.98 Å². The number of pyridine rings is 1. The smallest absolute Gasteiger partial charge is 0.0703 e. The molecule has 1 heterocycles. The van der Waals surface area contributed by atoms with Crippen molar-refractivity contribution in [1.29, 1.82) is 0 Å². The second-order valence-electron chi connectivity index (χ2n) is 4.27. The van der Waals surface area contributed by atoms with Crippen molar-refractivity contribution >= 4 is 0 Å². The molecule has 0 aliphatic heterocycles. The lowest BCUT2D eigenvalue weighted by Gasteiger charge is -2.22. The van der Waals surface area contributed by atoms with E-state index in [4.69, 9.17) is 5.73 Å². The van der Waals surface area contributed by atoms with Crippen molar-refractivity contribution in [3.63, 3.8) is 0 Å². The molecule has 3 nitrogen and oxygen atoms in total. The fraction of sp³-hybridized carbons (Fsp3) is 0.545. The molecule has 2 atom stereocenters. The van der Waals surface area contributed by atoms with E-state index >= 15 is 0 Å². The van der Waals surface area contributed by atoms with Crippen LogP contribution in [-0.2, 0) is 6.42 Å². The lowest BCUT2D eigenvalue weighted by Crippen LogP contribution is -2.30. The van der Waals surface area contributed by atoms with E-state index in [1.54, 1.807) is 6.20 Å². The summed E-state index contributed by atoms with van der Waals surface area (Å²) in [7, 11) is 0. The van der Waals surface area contributed by atoms with Crippen LogP contribution >= 0.6 is 0 Å². The number of nitrogens with two attached hydrogens (primary N) is 1. The van der Waals surface area contributed by atoms with Gasteiger partial charge in [-0.2, -0.15) is 0 Å². The Labute approximate surface area is 84.0 Å². The molecule has 3 heteroatoms. The molecule has 0 spiro atoms. The van der Waals surface area contributed by atoms with Gasteiger partial charge in [0.1, 0.15) is 0 Å². The van der Waals surface area contributed by atoms with Crippen molar-refractivity contribution in [3.05, 3.63) is 30.1 Å². The van der Waals surface area contributed by atoms with Crippen molar-refractivity contribution < 1.29 is 5.11 Å². The minimum Gasteiger partial charge on any atom is -0.389 e. The number of aromatic nitrogens is 1. The van der Waals surface area contributed by atoms with Gasteiger partial charge >= 0.3 is 0 Å². The Balaban J connectivity index is 2.04. The second kappa shape index (κ2) is 3.67. The highest BCUT2D eigenvalue weighted by Crippen LogP contribution is 2.31. The quantitative estimate of drug-likeness (QED) is 0.731. The lowest BCUT2D eigenvalue weighted by atomic mass is 9.94. The van der Waals surface area contributed by atoms with Gasteiger partial charge in [-0.1, -0.05) is 6.07 Å². The summed E-state index contributed by atoms with van der Waals surface area (Å²) in [6, 6.07) is 4.05. The molecule has 1 aromatic heterocycles. The van der Waals surface area contributed by atoms with Crippen LogP contribution in [0.3, 0.4) is 0 Å². The standard InChI is InChI=1S/C11H16N2O/c12-10-3-4-11(14,7-10)6-9-2-1-5-13-8-9/h1-2,5,8,10,14H,3-4,6-7,12H2. The summed E-state index contributed by atoms with van der Waals surface area (Å²) in [6.07, 6.45) is 6.67. The SMILES string of the molecule is NC1CCC(O)(Cc2cccnc2)C1. The predicted molar refractivity (Wildman–Crippen MR) is 54.7 cm³/mol. The predicted octanol–water partition coefficient (Wildman–Crippen LogP) is 0.866. The maximum Gasteiger partial charge on any atom is 0.0703 e. The first-order chi connectivity index (χ1) is 6.68. The van der Waals surface area contributed by atoms with Gasteiger partial charge in [0.05, 0.1) is 5.60 Å². The maximum absolute atomic E-state index is 10.2. The van der Waals surface area contributed by atoms with E-state index < -0.39 is 5.60 Å². The summed E-state index contributed by atoms with van der Waals surface area (Å²) in [5.74, 6) is 0. The summed E-state index contributed by atoms with van der Waals surface area (Å²) >= 11 is 0. The molecule has 1 aromatic rings. The van der Waals surface area contributed by atoms with Gasteiger partial charge in [-0.25, -0.2) is 0 Å². The van der Waals surface area contributed by atoms with Gasteiger partial charge in [-0.3, -0.25) is 4.98 Å². The fourth-order valence-corrected chi connectivity index (χ4v) is 2.19. The van der Waals surface area contributed by atoms with E-state index in [0.717, 1.165) is 18.4 Å². The molecule has 1 aliphatic carbocycles. The van der Waals surface area contributed by atoms with Gasteiger partial charge in [-0.15, -0.1) is 0 Å². The number of aliphatic hydroxyl groups is 1. The number of nitrogens with zero attached hydrogens (tertiary/aromatic N) is 1. The van der Waals surface area contributed by atoms with Gasteiger partial charge in [0.2, 0.25) is 0 Å². The maximum atomic E-state index is 10.2. The zero-order chi connectivity index (χ0) is 10.0. The topological polar surface area (TPSA) is 59.1 Å². The molecule has 76 valence electrons. The Morgan fingerprint density at radius 3 is 3.07 bits per heavy atom. The summed E-state index contributed by atoms with van der Waals surface area (Å²) < 4.78 is 0. The third-order valence-corrected chi connectivity index (χ3v) is 2.88. The first-order valence-electron chi connectivity index (χ1n) is 5.05. The molecular formula is C11H16N2O. The molecule has 2 unspecified atom stereocenters. The van der Waals surface area contributed by atoms with E-state index in [1.807, 2.05) is 18.3 Å². The van der Waals surface area contributed by atoms with Gasteiger partial charge in [0, 0.05) is 24.9 Å². The van der Waals surface area contributed by atoms with Gasteiger partial charge in [0.15, 0.2) is 0 Å². The second-order valence-corrected chi connectivity index (χ2v) is 4.27. The zero-order valence-electron chi connectivity index (χ0n) is 8.19. The Bertz CT molecular complexity index is 301. The van der Waals surface area contributed by atoms with E-state index in [1.165, 1.54) is 0 Å². The van der Waals surface area contributed by atoms with Crippen LogP contribution in [0.2, 0.25) is 0 Å². The van der Waals surface area contributed by atoms with E-state index in [0.29, 0.717) is 12.8 Å². The molecular weight excluding hydrogens is 176 g/mol. The van der Waals surface area contributed by atoms with Crippen LogP contribution in [0, 0.1) is 0 Å². The molecule has 3 N–H and O–H groups in total. The van der Waals surface area contributed by atoms with Crippen molar-refractivity contribution in [2.75, 3.05) is 0 Å². The molecule has 1 aliphatic rings. The minimum atomic E-state index is -0.595. The molecule has 14 heavy (non-hydrogen) atoms. The van der Waals surface area contributed by atoms with Gasteiger partial charge in [-0.05, 0) is 30.9 Å². The first kappa shape index (κ1) is 9.62. The number of rotatable bonds is 2. The minimum absolute atomic E-state index is 0.164. The first-order valence-corrected chi connectivity index (χ1v) is 5.05. The highest BCUT2D eigenvalue weighted by molar-refractivity contribution is 5.13. The normalized spacial score (nSPS) is 32.0. The molecule has 0 saturated heterocycles. The monoisotopic (exact) mass is 192 g/mol. The van der Waals surface area contributed by atoms with Crippen LogP contribution < -0.4 is 5.73 Å². The summed E-state index contributed by atoms with van der Waals surface area (Å²) in [5.41, 5.74) is 6.28. The molecule has 0 aromatic carbocycles. The van der Waals surface area contributed by atoms with Crippen molar-refractivity contribution in [2.24, 2.45) is 5.73 Å². The number of hydrogen-bond donors (Lipinski definition) is 2. The lowest BCUT2D eigenvalue weighted by molar-refractivity contribution is 0.0468. The third kappa shape index (κ3) is 2.11. The van der Waals surface area contributed by atoms with Crippen LogP contribution in [0.15, 0.2) is 24.5 Å². The van der Waals surface area contributed by atoms with Crippen molar-refractivity contribution in [3.8, 4) is 0 Å². The molecule has 0 radical (unpaired) electrons. The average Bonchev–Trinajstić information content (AvgIpc) is 2.47. The van der Waals surface area contributed by atoms with Crippen LogP contribution in [-0.4, -0.2) is 21.7 Å². The van der Waals surface area contributed by atoms with Crippen molar-refractivity contribution in [1.82, 2.24) is 4.98 Å². The van der Waals surface area contributed by atoms with Crippen LogP contribution in [0.1, 0.15) is 24.8 Å². The Kier molecular flexibility index (Phi) is 2.52. The molecule has 1 saturated carbocycles. The molecule has 0 amide bonds. The Morgan fingerprint density at radius 1 is 1.64 bits per heavy atom. The third-order valence-electron chi connectivity index (χ3n) is 2.88. The summed E-state index contributed by atoms with van der Waals surface area (Å²) in [6.45, 7) is 0. The molecule has 0 bridgehead atoms.